The van der Waals surface area contributed by atoms with E-state index < -0.39 is 5.60 Å². The molecule has 1 aromatic rings. The number of rotatable bonds is 8. The van der Waals surface area contributed by atoms with Crippen LogP contribution in [-0.2, 0) is 14.3 Å². The summed E-state index contributed by atoms with van der Waals surface area (Å²) in [6.45, 7) is 11.0. The Labute approximate surface area is 206 Å². The standard InChI is InChI=1S/C29H31NO5/c1-8-10-20(9-2)30-28(31)17-24-18(3)23(22-12-11-21(33-5)16-25(22)24)13-19-14-26(34-6)29(4,32)27(15-19)35-7/h8-17,32H,1-2H2,3-7H3,(H,30,31)/b19-13?,20-10+,24-17+. The number of fused-ring (bicyclic) bond motifs is 1. The van der Waals surface area contributed by atoms with Crippen LogP contribution in [0.15, 0.2) is 102 Å². The highest BCUT2D eigenvalue weighted by Gasteiger charge is 2.36. The molecule has 0 heterocycles. The van der Waals surface area contributed by atoms with E-state index in [-0.39, 0.29) is 5.91 Å². The molecule has 0 spiro atoms. The molecule has 0 saturated heterocycles. The SMILES string of the molecule is C=C/C=C(\C=C)NC(=O)/C=C1\C(C)=C(C=C2C=C(OC)C(C)(O)C(OC)=C2)c2ccc(OC)cc21. The molecule has 0 atom stereocenters. The first-order valence-electron chi connectivity index (χ1n) is 11.0. The Bertz CT molecular complexity index is 1230. The van der Waals surface area contributed by atoms with Crippen molar-refractivity contribution in [2.24, 2.45) is 0 Å². The van der Waals surface area contributed by atoms with E-state index in [4.69, 9.17) is 14.2 Å². The normalized spacial score (nSPS) is 20.6. The van der Waals surface area contributed by atoms with Crippen molar-refractivity contribution in [3.05, 3.63) is 113 Å². The molecular formula is C29H31NO5. The van der Waals surface area contributed by atoms with Gasteiger partial charge in [0.1, 0.15) is 17.3 Å². The number of allylic oxidation sites excluding steroid dienone is 10. The topological polar surface area (TPSA) is 77.0 Å². The van der Waals surface area contributed by atoms with E-state index >= 15 is 0 Å². The highest BCUT2D eigenvalue weighted by atomic mass is 16.5. The van der Waals surface area contributed by atoms with Crippen molar-refractivity contribution in [1.82, 2.24) is 5.32 Å². The number of carbonyl (C=O) groups excluding carboxylic acids is 1. The van der Waals surface area contributed by atoms with Gasteiger partial charge < -0.3 is 24.6 Å². The van der Waals surface area contributed by atoms with Gasteiger partial charge in [-0.25, -0.2) is 0 Å². The maximum atomic E-state index is 12.8. The van der Waals surface area contributed by atoms with Crippen molar-refractivity contribution in [1.29, 1.82) is 0 Å². The zero-order valence-electron chi connectivity index (χ0n) is 20.8. The molecule has 0 saturated carbocycles. The molecule has 1 aromatic carbocycles. The van der Waals surface area contributed by atoms with Gasteiger partial charge >= 0.3 is 0 Å². The number of benzene rings is 1. The van der Waals surface area contributed by atoms with Crippen molar-refractivity contribution in [3.63, 3.8) is 0 Å². The Balaban J connectivity index is 2.15. The molecule has 0 fully saturated rings. The lowest BCUT2D eigenvalue weighted by molar-refractivity contribution is -0.115. The second-order valence-electron chi connectivity index (χ2n) is 8.20. The maximum Gasteiger partial charge on any atom is 0.248 e. The molecule has 6 heteroatoms. The molecule has 35 heavy (non-hydrogen) atoms. The first kappa shape index (κ1) is 25.6. The van der Waals surface area contributed by atoms with Crippen LogP contribution in [-0.4, -0.2) is 37.9 Å². The predicted molar refractivity (Wildman–Crippen MR) is 139 cm³/mol. The Kier molecular flexibility index (Phi) is 7.67. The summed E-state index contributed by atoms with van der Waals surface area (Å²) in [7, 11) is 4.63. The zero-order valence-corrected chi connectivity index (χ0v) is 20.8. The lowest BCUT2D eigenvalue weighted by Crippen LogP contribution is -2.33. The zero-order chi connectivity index (χ0) is 25.8. The van der Waals surface area contributed by atoms with Gasteiger partial charge in [0.05, 0.1) is 21.3 Å². The number of carbonyl (C=O) groups is 1. The van der Waals surface area contributed by atoms with Crippen molar-refractivity contribution in [2.45, 2.75) is 19.4 Å². The van der Waals surface area contributed by atoms with Crippen molar-refractivity contribution >= 4 is 17.1 Å². The van der Waals surface area contributed by atoms with Crippen LogP contribution in [0.4, 0.5) is 0 Å². The minimum absolute atomic E-state index is 0.285. The second kappa shape index (κ2) is 10.5. The summed E-state index contributed by atoms with van der Waals surface area (Å²) < 4.78 is 16.3. The van der Waals surface area contributed by atoms with Crippen LogP contribution >= 0.6 is 0 Å². The van der Waals surface area contributed by atoms with Gasteiger partial charge in [0, 0.05) is 11.8 Å². The number of nitrogens with one attached hydrogen (secondary N) is 1. The van der Waals surface area contributed by atoms with E-state index in [1.807, 2.05) is 31.2 Å². The highest BCUT2D eigenvalue weighted by Crippen LogP contribution is 2.44. The minimum Gasteiger partial charge on any atom is -0.498 e. The van der Waals surface area contributed by atoms with Crippen molar-refractivity contribution in [3.8, 4) is 5.75 Å². The van der Waals surface area contributed by atoms with E-state index in [0.717, 1.165) is 33.4 Å². The Hall–Kier alpha value is -4.03. The summed E-state index contributed by atoms with van der Waals surface area (Å²) in [5, 5.41) is 13.6. The average molecular weight is 474 g/mol. The molecule has 2 aliphatic rings. The third-order valence-electron chi connectivity index (χ3n) is 5.98. The predicted octanol–water partition coefficient (Wildman–Crippen LogP) is 4.99. The summed E-state index contributed by atoms with van der Waals surface area (Å²) in [4.78, 5) is 12.8. The van der Waals surface area contributed by atoms with Gasteiger partial charge in [-0.2, -0.15) is 0 Å². The van der Waals surface area contributed by atoms with Crippen LogP contribution in [0.5, 0.6) is 5.75 Å². The third-order valence-corrected chi connectivity index (χ3v) is 5.98. The van der Waals surface area contributed by atoms with Crippen LogP contribution < -0.4 is 10.1 Å². The molecular weight excluding hydrogens is 442 g/mol. The largest absolute Gasteiger partial charge is 0.498 e. The Morgan fingerprint density at radius 3 is 2.26 bits per heavy atom. The summed E-state index contributed by atoms with van der Waals surface area (Å²) in [6, 6.07) is 5.77. The fourth-order valence-electron chi connectivity index (χ4n) is 4.14. The number of hydrogen-bond acceptors (Lipinski definition) is 5. The molecule has 6 nitrogen and oxygen atoms in total. The van der Waals surface area contributed by atoms with Gasteiger partial charge in [-0.3, -0.25) is 4.79 Å². The van der Waals surface area contributed by atoms with Crippen molar-refractivity contribution < 1.29 is 24.1 Å². The van der Waals surface area contributed by atoms with E-state index in [1.165, 1.54) is 14.2 Å². The van der Waals surface area contributed by atoms with Crippen LogP contribution in [0.2, 0.25) is 0 Å². The van der Waals surface area contributed by atoms with Gasteiger partial charge in [-0.1, -0.05) is 25.3 Å². The fourth-order valence-corrected chi connectivity index (χ4v) is 4.14. The van der Waals surface area contributed by atoms with Crippen LogP contribution in [0.1, 0.15) is 25.0 Å². The molecule has 0 aromatic heterocycles. The van der Waals surface area contributed by atoms with E-state index in [0.29, 0.717) is 23.0 Å². The van der Waals surface area contributed by atoms with Gasteiger partial charge in [0.15, 0.2) is 5.60 Å². The first-order chi connectivity index (χ1) is 16.7. The Morgan fingerprint density at radius 2 is 1.71 bits per heavy atom. The maximum absolute atomic E-state index is 12.8. The average Bonchev–Trinajstić information content (AvgIpc) is 3.09. The number of methoxy groups -OCH3 is 3. The van der Waals surface area contributed by atoms with Crippen LogP contribution in [0.25, 0.3) is 11.1 Å². The van der Waals surface area contributed by atoms with E-state index in [1.54, 1.807) is 50.5 Å². The van der Waals surface area contributed by atoms with Gasteiger partial charge in [-0.15, -0.1) is 0 Å². The lowest BCUT2D eigenvalue weighted by Gasteiger charge is -2.30. The van der Waals surface area contributed by atoms with Crippen LogP contribution in [0.3, 0.4) is 0 Å². The molecule has 182 valence electrons. The minimum atomic E-state index is -1.36. The quantitative estimate of drug-likeness (QED) is 0.411. The highest BCUT2D eigenvalue weighted by molar-refractivity contribution is 6.09. The second-order valence-corrected chi connectivity index (χ2v) is 8.20. The van der Waals surface area contributed by atoms with Crippen molar-refractivity contribution in [2.75, 3.05) is 21.3 Å². The molecule has 2 aliphatic carbocycles. The van der Waals surface area contributed by atoms with Gasteiger partial charge in [0.25, 0.3) is 0 Å². The molecule has 0 bridgehead atoms. The first-order valence-corrected chi connectivity index (χ1v) is 11.0. The number of aliphatic hydroxyl groups is 1. The number of amides is 1. The summed E-state index contributed by atoms with van der Waals surface area (Å²) in [5.41, 5.74) is 4.44. The summed E-state index contributed by atoms with van der Waals surface area (Å²) in [6.07, 6.45) is 11.9. The van der Waals surface area contributed by atoms with Gasteiger partial charge in [0.2, 0.25) is 5.91 Å². The molecule has 0 aliphatic heterocycles. The molecule has 0 unspecified atom stereocenters. The van der Waals surface area contributed by atoms with Crippen LogP contribution in [0, 0.1) is 0 Å². The van der Waals surface area contributed by atoms with Gasteiger partial charge in [-0.05, 0) is 89.8 Å². The molecule has 2 N–H and O–H groups in total. The summed E-state index contributed by atoms with van der Waals surface area (Å²) >= 11 is 0. The third kappa shape index (κ3) is 5.08. The molecule has 3 rings (SSSR count). The molecule has 1 amide bonds. The number of hydrogen-bond donors (Lipinski definition) is 2. The molecule has 0 radical (unpaired) electrons. The fraction of sp³-hybridized carbons (Fsp3) is 0.207. The Morgan fingerprint density at radius 1 is 1.06 bits per heavy atom. The monoisotopic (exact) mass is 473 g/mol. The lowest BCUT2D eigenvalue weighted by atomic mass is 9.91. The number of ether oxygens (including phenoxy) is 3. The van der Waals surface area contributed by atoms with E-state index in [2.05, 4.69) is 18.5 Å². The smallest absolute Gasteiger partial charge is 0.248 e. The van der Waals surface area contributed by atoms with E-state index in [9.17, 15) is 9.90 Å². The summed E-state index contributed by atoms with van der Waals surface area (Å²) in [5.74, 6) is 1.14.